The van der Waals surface area contributed by atoms with Crippen molar-refractivity contribution < 1.29 is 9.47 Å². The summed E-state index contributed by atoms with van der Waals surface area (Å²) in [6.07, 6.45) is 9.13. The number of nitrogens with zero attached hydrogens (tertiary/aromatic N) is 4. The maximum Gasteiger partial charge on any atom is 0.203 e. The van der Waals surface area contributed by atoms with Crippen LogP contribution in [-0.2, 0) is 17.7 Å². The quantitative estimate of drug-likeness (QED) is 0.182. The molecule has 0 fully saturated rings. The molecule has 0 atom stereocenters. The summed E-state index contributed by atoms with van der Waals surface area (Å²) in [6, 6.07) is 11.3. The average Bonchev–Trinajstić information content (AvgIpc) is 3.05. The first-order chi connectivity index (χ1) is 20.5. The fourth-order valence-electron chi connectivity index (χ4n) is 2.52. The molecule has 0 saturated carbocycles. The highest BCUT2D eigenvalue weighted by molar-refractivity contribution is 5.54. The highest BCUT2D eigenvalue weighted by Crippen LogP contribution is 2.15. The molecule has 0 radical (unpaired) electrons. The molecule has 0 aliphatic heterocycles. The van der Waals surface area contributed by atoms with Gasteiger partial charge in [-0.25, -0.2) is 9.97 Å². The lowest BCUT2D eigenvalue weighted by molar-refractivity contribution is 0.100. The Morgan fingerprint density at radius 2 is 1.48 bits per heavy atom. The number of aryl methyl sites for hydroxylation is 1. The molecule has 0 aliphatic rings. The third-order valence-corrected chi connectivity index (χ3v) is 4.40. The van der Waals surface area contributed by atoms with Crippen molar-refractivity contribution in [1.82, 2.24) is 25.1 Å². The predicted molar refractivity (Wildman–Crippen MR) is 179 cm³/mol. The van der Waals surface area contributed by atoms with Crippen molar-refractivity contribution >= 4 is 6.21 Å². The number of rotatable bonds is 11. The van der Waals surface area contributed by atoms with Crippen LogP contribution in [0.3, 0.4) is 0 Å². The Morgan fingerprint density at radius 3 is 1.95 bits per heavy atom. The highest BCUT2D eigenvalue weighted by atomic mass is 16.5. The van der Waals surface area contributed by atoms with Gasteiger partial charge < -0.3 is 20.2 Å². The Hall–Kier alpha value is -3.43. The molecule has 42 heavy (non-hydrogen) atoms. The SMILES string of the molecule is CC.CC.CCC.CCCOCCOc1cnc(-c2ccccc2)nc1.CCNC.CCc1nn(CC=N)ccc1=O. The van der Waals surface area contributed by atoms with E-state index < -0.39 is 0 Å². The first-order valence-electron chi connectivity index (χ1n) is 15.3. The van der Waals surface area contributed by atoms with E-state index in [2.05, 4.69) is 48.1 Å². The van der Waals surface area contributed by atoms with Gasteiger partial charge in [-0.15, -0.1) is 0 Å². The summed E-state index contributed by atoms with van der Waals surface area (Å²) in [5, 5.41) is 13.8. The zero-order valence-electron chi connectivity index (χ0n) is 27.9. The molecule has 238 valence electrons. The van der Waals surface area contributed by atoms with E-state index in [1.807, 2.05) is 72.0 Å². The molecule has 9 nitrogen and oxygen atoms in total. The Kier molecular flexibility index (Phi) is 34.6. The first kappa shape index (κ1) is 43.0. The molecule has 0 bridgehead atoms. The minimum atomic E-state index is -0.0290. The Labute approximate surface area is 255 Å². The van der Waals surface area contributed by atoms with E-state index in [-0.39, 0.29) is 5.43 Å². The van der Waals surface area contributed by atoms with Gasteiger partial charge in [0.2, 0.25) is 5.43 Å². The molecule has 9 heteroatoms. The fraction of sp³-hybridized carbons (Fsp3) is 0.545. The lowest BCUT2D eigenvalue weighted by Crippen LogP contribution is -2.16. The molecule has 0 amide bonds. The molecule has 0 saturated heterocycles. The summed E-state index contributed by atoms with van der Waals surface area (Å²) in [6.45, 7) is 21.7. The summed E-state index contributed by atoms with van der Waals surface area (Å²) in [7, 11) is 1.93. The van der Waals surface area contributed by atoms with E-state index in [0.717, 1.165) is 25.1 Å². The molecule has 0 aliphatic carbocycles. The van der Waals surface area contributed by atoms with Gasteiger partial charge in [0.25, 0.3) is 0 Å². The molecule has 2 N–H and O–H groups in total. The molecule has 2 heterocycles. The van der Waals surface area contributed by atoms with Crippen molar-refractivity contribution in [2.75, 3.05) is 33.4 Å². The van der Waals surface area contributed by atoms with Crippen LogP contribution in [0.5, 0.6) is 5.75 Å². The molecule has 1 aromatic carbocycles. The van der Waals surface area contributed by atoms with Crippen molar-refractivity contribution in [3.8, 4) is 17.1 Å². The van der Waals surface area contributed by atoms with Crippen LogP contribution in [0.25, 0.3) is 11.4 Å². The second kappa shape index (κ2) is 33.8. The van der Waals surface area contributed by atoms with Crippen LogP contribution in [-0.4, -0.2) is 59.4 Å². The number of benzene rings is 1. The van der Waals surface area contributed by atoms with Crippen LogP contribution in [0.1, 0.15) is 80.8 Å². The molecule has 3 aromatic rings. The molecular formula is C33H58N6O3. The number of aromatic nitrogens is 4. The Bertz CT molecular complexity index is 1010. The normalized spacial score (nSPS) is 8.90. The Morgan fingerprint density at radius 1 is 0.905 bits per heavy atom. The molecule has 0 unspecified atom stereocenters. The van der Waals surface area contributed by atoms with Crippen LogP contribution in [0.4, 0.5) is 0 Å². The van der Waals surface area contributed by atoms with E-state index in [4.69, 9.17) is 14.9 Å². The van der Waals surface area contributed by atoms with Gasteiger partial charge in [-0.2, -0.15) is 5.10 Å². The van der Waals surface area contributed by atoms with E-state index in [1.165, 1.54) is 18.7 Å². The summed E-state index contributed by atoms with van der Waals surface area (Å²) < 4.78 is 12.4. The van der Waals surface area contributed by atoms with Gasteiger partial charge in [0.15, 0.2) is 11.6 Å². The third kappa shape index (κ3) is 23.3. The van der Waals surface area contributed by atoms with Gasteiger partial charge >= 0.3 is 0 Å². The van der Waals surface area contributed by atoms with Gasteiger partial charge in [0.1, 0.15) is 12.3 Å². The van der Waals surface area contributed by atoms with Crippen molar-refractivity contribution in [2.45, 2.75) is 88.1 Å². The molecule has 2 aromatic heterocycles. The van der Waals surface area contributed by atoms with Crippen LogP contribution < -0.4 is 15.5 Å². The lowest BCUT2D eigenvalue weighted by Gasteiger charge is -2.06. The number of ether oxygens (including phenoxy) is 2. The number of hydrogen-bond acceptors (Lipinski definition) is 8. The van der Waals surface area contributed by atoms with Gasteiger partial charge in [0.05, 0.1) is 25.5 Å². The topological polar surface area (TPSA) is 115 Å². The standard InChI is InChI=1S/C15H18N2O2.C8H11N3O.C3H9N.C3H8.2C2H6/c1-2-8-18-9-10-19-14-11-16-15(17-12-14)13-6-4-3-5-7-13;1-2-7-8(12)3-5-11(10-7)6-4-9;1-3-4-2;1-3-2;2*1-2/h3-7,11-12H,2,8-10H2,1H3;3-5,9H,2,6H2,1H3;4H,3H2,1-2H3;3H2,1-2H3;2*1-2H3. The van der Waals surface area contributed by atoms with E-state index >= 15 is 0 Å². The summed E-state index contributed by atoms with van der Waals surface area (Å²) in [5.74, 6) is 1.37. The second-order valence-corrected chi connectivity index (χ2v) is 7.89. The highest BCUT2D eigenvalue weighted by Gasteiger charge is 2.01. The van der Waals surface area contributed by atoms with Crippen molar-refractivity contribution in [3.05, 3.63) is 70.9 Å². The minimum Gasteiger partial charge on any atom is -0.488 e. The average molecular weight is 587 g/mol. The van der Waals surface area contributed by atoms with Gasteiger partial charge in [-0.05, 0) is 26.4 Å². The third-order valence-electron chi connectivity index (χ3n) is 4.40. The monoisotopic (exact) mass is 586 g/mol. The van der Waals surface area contributed by atoms with Crippen LogP contribution in [0.2, 0.25) is 0 Å². The molecular weight excluding hydrogens is 528 g/mol. The number of nitrogens with one attached hydrogen (secondary N) is 2. The summed E-state index contributed by atoms with van der Waals surface area (Å²) in [5.41, 5.74) is 1.53. The predicted octanol–water partition coefficient (Wildman–Crippen LogP) is 7.10. The fourth-order valence-corrected chi connectivity index (χ4v) is 2.52. The number of hydrogen-bond donors (Lipinski definition) is 2. The van der Waals surface area contributed by atoms with Crippen LogP contribution in [0, 0.1) is 5.41 Å². The van der Waals surface area contributed by atoms with Crippen molar-refractivity contribution in [2.24, 2.45) is 0 Å². The maximum absolute atomic E-state index is 11.1. The molecule has 3 rings (SSSR count). The lowest BCUT2D eigenvalue weighted by atomic mass is 10.2. The molecule has 0 spiro atoms. The van der Waals surface area contributed by atoms with Crippen LogP contribution >= 0.6 is 0 Å². The smallest absolute Gasteiger partial charge is 0.203 e. The van der Waals surface area contributed by atoms with E-state index in [1.54, 1.807) is 23.3 Å². The maximum atomic E-state index is 11.1. The zero-order valence-corrected chi connectivity index (χ0v) is 27.9. The van der Waals surface area contributed by atoms with Gasteiger partial charge in [0, 0.05) is 30.6 Å². The van der Waals surface area contributed by atoms with Crippen molar-refractivity contribution in [3.63, 3.8) is 0 Å². The van der Waals surface area contributed by atoms with Gasteiger partial charge in [-0.3, -0.25) is 9.48 Å². The first-order valence-corrected chi connectivity index (χ1v) is 15.3. The van der Waals surface area contributed by atoms with Crippen LogP contribution in [0.15, 0.2) is 59.8 Å². The largest absolute Gasteiger partial charge is 0.488 e. The summed E-state index contributed by atoms with van der Waals surface area (Å²) >= 11 is 0. The summed E-state index contributed by atoms with van der Waals surface area (Å²) in [4.78, 5) is 19.6. The zero-order chi connectivity index (χ0) is 32.4. The Balaban J connectivity index is -0.000000565. The van der Waals surface area contributed by atoms with E-state index in [0.29, 0.717) is 43.4 Å². The van der Waals surface area contributed by atoms with Gasteiger partial charge in [-0.1, -0.05) is 99.1 Å². The second-order valence-electron chi connectivity index (χ2n) is 7.89. The van der Waals surface area contributed by atoms with Crippen molar-refractivity contribution in [1.29, 1.82) is 5.41 Å². The van der Waals surface area contributed by atoms with E-state index in [9.17, 15) is 4.79 Å². The minimum absolute atomic E-state index is 0.0290.